The second-order valence-electron chi connectivity index (χ2n) is 4.54. The highest BCUT2D eigenvalue weighted by atomic mass is 35.5. The van der Waals surface area contributed by atoms with Crippen LogP contribution in [-0.2, 0) is 14.8 Å². The van der Waals surface area contributed by atoms with Crippen LogP contribution in [0.2, 0.25) is 10.0 Å². The normalized spacial score (nSPS) is 26.3. The molecule has 1 aromatic rings. The van der Waals surface area contributed by atoms with E-state index in [1.165, 1.54) is 25.1 Å². The third-order valence-corrected chi connectivity index (χ3v) is 5.56. The maximum Gasteiger partial charge on any atom is 0.246 e. The molecule has 7 nitrogen and oxygen atoms in total. The summed E-state index contributed by atoms with van der Waals surface area (Å²) in [5.74, 6) is -0.806. The van der Waals surface area contributed by atoms with Crippen LogP contribution in [0.25, 0.3) is 0 Å². The molecule has 0 spiro atoms. The number of sulfonamides is 1. The molecule has 10 heteroatoms. The summed E-state index contributed by atoms with van der Waals surface area (Å²) in [6, 6.07) is 3.68. The van der Waals surface area contributed by atoms with E-state index in [9.17, 15) is 18.3 Å². The van der Waals surface area contributed by atoms with Gasteiger partial charge in [0.05, 0.1) is 15.7 Å². The van der Waals surface area contributed by atoms with Crippen LogP contribution < -0.4 is 15.4 Å². The molecule has 116 valence electrons. The zero-order chi connectivity index (χ0) is 15.8. The summed E-state index contributed by atoms with van der Waals surface area (Å²) in [5, 5.41) is 12.7. The SMILES string of the molecule is CC1NC(O)NC(=O)C1S(=O)(=O)Nc1cccc(Cl)c1Cl. The lowest BCUT2D eigenvalue weighted by Gasteiger charge is -2.32. The lowest BCUT2D eigenvalue weighted by Crippen LogP contribution is -2.65. The molecule has 3 unspecified atom stereocenters. The highest BCUT2D eigenvalue weighted by molar-refractivity contribution is 7.94. The number of hydrogen-bond acceptors (Lipinski definition) is 5. The molecule has 21 heavy (non-hydrogen) atoms. The van der Waals surface area contributed by atoms with Crippen molar-refractivity contribution in [3.05, 3.63) is 28.2 Å². The highest BCUT2D eigenvalue weighted by Gasteiger charge is 2.42. The Morgan fingerprint density at radius 1 is 1.33 bits per heavy atom. The number of amides is 1. The van der Waals surface area contributed by atoms with Gasteiger partial charge in [-0.2, -0.15) is 0 Å². The Hall–Kier alpha value is -1.06. The molecule has 0 bridgehead atoms. The van der Waals surface area contributed by atoms with Gasteiger partial charge in [0.2, 0.25) is 15.9 Å². The van der Waals surface area contributed by atoms with Crippen molar-refractivity contribution in [1.29, 1.82) is 0 Å². The first kappa shape index (κ1) is 16.3. The maximum atomic E-state index is 12.4. The number of carbonyl (C=O) groups excluding carboxylic acids is 1. The number of carbonyl (C=O) groups is 1. The molecule has 1 aliphatic heterocycles. The molecule has 2 rings (SSSR count). The van der Waals surface area contributed by atoms with Crippen LogP contribution in [0.1, 0.15) is 6.92 Å². The van der Waals surface area contributed by atoms with E-state index in [1.807, 2.05) is 0 Å². The van der Waals surface area contributed by atoms with Gasteiger partial charge in [-0.15, -0.1) is 0 Å². The number of rotatable bonds is 3. The zero-order valence-electron chi connectivity index (χ0n) is 10.8. The number of benzene rings is 1. The molecule has 0 saturated carbocycles. The molecule has 0 aromatic heterocycles. The van der Waals surface area contributed by atoms with Gasteiger partial charge in [0.15, 0.2) is 11.6 Å². The lowest BCUT2D eigenvalue weighted by molar-refractivity contribution is -0.127. The Morgan fingerprint density at radius 3 is 2.62 bits per heavy atom. The van der Waals surface area contributed by atoms with Crippen molar-refractivity contribution in [3.63, 3.8) is 0 Å². The van der Waals surface area contributed by atoms with Gasteiger partial charge in [-0.3, -0.25) is 14.8 Å². The molecule has 0 radical (unpaired) electrons. The first-order valence-corrected chi connectivity index (χ1v) is 8.23. The fourth-order valence-corrected chi connectivity index (χ4v) is 4.00. The minimum absolute atomic E-state index is 0.0413. The van der Waals surface area contributed by atoms with Crippen LogP contribution in [0.15, 0.2) is 18.2 Å². The topological polar surface area (TPSA) is 108 Å². The number of halogens is 2. The van der Waals surface area contributed by atoms with Crippen molar-refractivity contribution in [3.8, 4) is 0 Å². The first-order chi connectivity index (χ1) is 9.72. The van der Waals surface area contributed by atoms with E-state index in [0.717, 1.165) is 0 Å². The van der Waals surface area contributed by atoms with Crippen molar-refractivity contribution in [2.24, 2.45) is 0 Å². The molecule has 0 aliphatic carbocycles. The van der Waals surface area contributed by atoms with Crippen molar-refractivity contribution in [1.82, 2.24) is 10.6 Å². The van der Waals surface area contributed by atoms with E-state index < -0.39 is 33.6 Å². The van der Waals surface area contributed by atoms with Gasteiger partial charge in [0.1, 0.15) is 0 Å². The first-order valence-electron chi connectivity index (χ1n) is 5.92. The standard InChI is InChI=1S/C11H13Cl2N3O4S/c1-5-9(10(17)15-11(18)14-5)21(19,20)16-7-4-2-3-6(12)8(7)13/h2-5,9,11,14,16,18H,1H3,(H,15,17). The molecular weight excluding hydrogens is 341 g/mol. The van der Waals surface area contributed by atoms with Crippen LogP contribution >= 0.6 is 23.2 Å². The maximum absolute atomic E-state index is 12.4. The second-order valence-corrected chi connectivity index (χ2v) is 7.12. The van der Waals surface area contributed by atoms with Crippen LogP contribution in [0, 0.1) is 0 Å². The minimum atomic E-state index is -4.08. The summed E-state index contributed by atoms with van der Waals surface area (Å²) in [5.41, 5.74) is 0.0790. The summed E-state index contributed by atoms with van der Waals surface area (Å²) < 4.78 is 26.9. The number of anilines is 1. The Morgan fingerprint density at radius 2 is 2.00 bits per heavy atom. The van der Waals surface area contributed by atoms with Gasteiger partial charge < -0.3 is 10.4 Å². The molecule has 1 saturated heterocycles. The molecule has 1 amide bonds. The van der Waals surface area contributed by atoms with E-state index >= 15 is 0 Å². The van der Waals surface area contributed by atoms with Gasteiger partial charge in [-0.25, -0.2) is 8.42 Å². The van der Waals surface area contributed by atoms with Crippen molar-refractivity contribution in [2.45, 2.75) is 24.6 Å². The van der Waals surface area contributed by atoms with Gasteiger partial charge >= 0.3 is 0 Å². The summed E-state index contributed by atoms with van der Waals surface area (Å²) >= 11 is 11.7. The third kappa shape index (κ3) is 3.41. The number of hydrogen-bond donors (Lipinski definition) is 4. The van der Waals surface area contributed by atoms with E-state index in [0.29, 0.717) is 0 Å². The predicted octanol–water partition coefficient (Wildman–Crippen LogP) is 0.488. The number of nitrogens with one attached hydrogen (secondary N) is 3. The predicted molar refractivity (Wildman–Crippen MR) is 79.5 cm³/mol. The minimum Gasteiger partial charge on any atom is -0.361 e. The number of aliphatic hydroxyl groups excluding tert-OH is 1. The molecule has 1 fully saturated rings. The summed E-state index contributed by atoms with van der Waals surface area (Å²) in [4.78, 5) is 11.8. The quantitative estimate of drug-likeness (QED) is 0.632. The fourth-order valence-electron chi connectivity index (χ4n) is 2.03. The van der Waals surface area contributed by atoms with E-state index in [1.54, 1.807) is 0 Å². The summed E-state index contributed by atoms with van der Waals surface area (Å²) in [6.07, 6.45) is -1.28. The largest absolute Gasteiger partial charge is 0.361 e. The highest BCUT2D eigenvalue weighted by Crippen LogP contribution is 2.31. The molecule has 1 heterocycles. The smallest absolute Gasteiger partial charge is 0.246 e. The third-order valence-electron chi connectivity index (χ3n) is 2.95. The molecule has 4 N–H and O–H groups in total. The Bertz CT molecular complexity index is 667. The van der Waals surface area contributed by atoms with Gasteiger partial charge in [0.25, 0.3) is 0 Å². The van der Waals surface area contributed by atoms with Gasteiger partial charge in [-0.1, -0.05) is 29.3 Å². The summed E-state index contributed by atoms with van der Waals surface area (Å²) in [6.45, 7) is 1.48. The van der Waals surface area contributed by atoms with E-state index in [2.05, 4.69) is 15.4 Å². The van der Waals surface area contributed by atoms with Crippen LogP contribution in [0.4, 0.5) is 5.69 Å². The van der Waals surface area contributed by atoms with Gasteiger partial charge in [0, 0.05) is 6.04 Å². The fraction of sp³-hybridized carbons (Fsp3) is 0.364. The van der Waals surface area contributed by atoms with Crippen LogP contribution in [0.5, 0.6) is 0 Å². The monoisotopic (exact) mass is 353 g/mol. The van der Waals surface area contributed by atoms with Gasteiger partial charge in [-0.05, 0) is 19.1 Å². The van der Waals surface area contributed by atoms with Crippen molar-refractivity contribution in [2.75, 3.05) is 4.72 Å². The average Bonchev–Trinajstić information content (AvgIpc) is 2.33. The molecule has 1 aromatic carbocycles. The van der Waals surface area contributed by atoms with Crippen LogP contribution in [-0.4, -0.2) is 37.1 Å². The van der Waals surface area contributed by atoms with Crippen molar-refractivity contribution >= 4 is 44.8 Å². The van der Waals surface area contributed by atoms with Crippen LogP contribution in [0.3, 0.4) is 0 Å². The van der Waals surface area contributed by atoms with Crippen molar-refractivity contribution < 1.29 is 18.3 Å². The number of aliphatic hydroxyl groups is 1. The summed E-state index contributed by atoms with van der Waals surface area (Å²) in [7, 11) is -4.08. The Labute approximate surface area is 131 Å². The lowest BCUT2D eigenvalue weighted by atomic mass is 10.2. The average molecular weight is 354 g/mol. The second kappa shape index (κ2) is 5.98. The zero-order valence-corrected chi connectivity index (χ0v) is 13.1. The van der Waals surface area contributed by atoms with E-state index in [-0.39, 0.29) is 15.7 Å². The Balaban J connectivity index is 2.30. The molecule has 3 atom stereocenters. The molecule has 1 aliphatic rings. The Kier molecular flexibility index (Phi) is 4.64. The molecular formula is C11H13Cl2N3O4S. The van der Waals surface area contributed by atoms with E-state index in [4.69, 9.17) is 23.2 Å².